The first kappa shape index (κ1) is 15.6. The molecular formula is C14H22N2O5. The molecule has 0 aromatic rings. The van der Waals surface area contributed by atoms with Gasteiger partial charge in [-0.25, -0.2) is 4.79 Å². The summed E-state index contributed by atoms with van der Waals surface area (Å²) in [7, 11) is 1.33. The first-order valence-electron chi connectivity index (χ1n) is 7.39. The Kier molecular flexibility index (Phi) is 5.03. The summed E-state index contributed by atoms with van der Waals surface area (Å²) in [6.07, 6.45) is 2.61. The smallest absolute Gasteiger partial charge is 0.409 e. The van der Waals surface area contributed by atoms with E-state index in [-0.39, 0.29) is 12.0 Å². The molecule has 2 aliphatic rings. The lowest BCUT2D eigenvalue weighted by Gasteiger charge is -2.37. The molecule has 2 atom stereocenters. The molecule has 21 heavy (non-hydrogen) atoms. The number of aliphatic carboxylic acids is 1. The van der Waals surface area contributed by atoms with Crippen molar-refractivity contribution in [3.8, 4) is 0 Å². The second-order valence-corrected chi connectivity index (χ2v) is 5.62. The van der Waals surface area contributed by atoms with Gasteiger partial charge >= 0.3 is 12.1 Å². The largest absolute Gasteiger partial charge is 0.481 e. The van der Waals surface area contributed by atoms with E-state index in [1.54, 1.807) is 9.80 Å². The zero-order valence-electron chi connectivity index (χ0n) is 12.3. The maximum atomic E-state index is 12.5. The number of hydrogen-bond acceptors (Lipinski definition) is 4. The van der Waals surface area contributed by atoms with Crippen LogP contribution in [0.25, 0.3) is 0 Å². The number of carboxylic acids is 1. The lowest BCUT2D eigenvalue weighted by molar-refractivity contribution is -0.153. The number of nitrogens with zero attached hydrogens (tertiary/aromatic N) is 2. The van der Waals surface area contributed by atoms with E-state index >= 15 is 0 Å². The van der Waals surface area contributed by atoms with E-state index in [1.165, 1.54) is 7.11 Å². The van der Waals surface area contributed by atoms with Gasteiger partial charge in [0.1, 0.15) is 0 Å². The molecule has 1 saturated heterocycles. The molecule has 1 heterocycles. The van der Waals surface area contributed by atoms with Crippen LogP contribution in [0.2, 0.25) is 0 Å². The van der Waals surface area contributed by atoms with Gasteiger partial charge < -0.3 is 19.6 Å². The third-order valence-corrected chi connectivity index (χ3v) is 4.42. The van der Waals surface area contributed by atoms with Crippen molar-refractivity contribution in [2.75, 3.05) is 33.3 Å². The summed E-state index contributed by atoms with van der Waals surface area (Å²) >= 11 is 0. The van der Waals surface area contributed by atoms with Crippen molar-refractivity contribution in [3.05, 3.63) is 0 Å². The van der Waals surface area contributed by atoms with Crippen molar-refractivity contribution in [3.63, 3.8) is 0 Å². The van der Waals surface area contributed by atoms with E-state index < -0.39 is 17.8 Å². The molecule has 1 aliphatic carbocycles. The topological polar surface area (TPSA) is 87.2 Å². The number of hydrogen-bond donors (Lipinski definition) is 1. The van der Waals surface area contributed by atoms with E-state index in [9.17, 15) is 19.5 Å². The minimum absolute atomic E-state index is 0.0772. The van der Waals surface area contributed by atoms with Crippen LogP contribution in [0.15, 0.2) is 0 Å². The summed E-state index contributed by atoms with van der Waals surface area (Å²) in [5.74, 6) is -1.93. The number of carbonyl (C=O) groups is 3. The molecule has 118 valence electrons. The van der Waals surface area contributed by atoms with Crippen LogP contribution in [-0.4, -0.2) is 66.2 Å². The molecule has 2 unspecified atom stereocenters. The number of rotatable bonds is 2. The summed E-state index contributed by atoms with van der Waals surface area (Å²) in [6.45, 7) is 1.75. The molecule has 0 aromatic heterocycles. The van der Waals surface area contributed by atoms with Crippen LogP contribution < -0.4 is 0 Å². The molecule has 1 N–H and O–H groups in total. The van der Waals surface area contributed by atoms with Gasteiger partial charge in [-0.15, -0.1) is 0 Å². The van der Waals surface area contributed by atoms with Crippen LogP contribution in [0.5, 0.6) is 0 Å². The fraction of sp³-hybridized carbons (Fsp3) is 0.786. The molecular weight excluding hydrogens is 276 g/mol. The quantitative estimate of drug-likeness (QED) is 0.814. The highest BCUT2D eigenvalue weighted by molar-refractivity contribution is 5.85. The van der Waals surface area contributed by atoms with E-state index in [1.807, 2.05) is 0 Å². The standard InChI is InChI=1S/C14H22N2O5/c1-21-14(20)16-8-6-15(7-9-16)12(17)10-4-2-3-5-11(10)13(18)19/h10-11H,2-9H2,1H3,(H,18,19). The Morgan fingerprint density at radius 2 is 1.48 bits per heavy atom. The number of ether oxygens (including phenoxy) is 1. The molecule has 0 radical (unpaired) electrons. The zero-order chi connectivity index (χ0) is 15.4. The Hall–Kier alpha value is -1.79. The number of piperazine rings is 1. The fourth-order valence-corrected chi connectivity index (χ4v) is 3.20. The van der Waals surface area contributed by atoms with E-state index in [0.29, 0.717) is 39.0 Å². The molecule has 2 rings (SSSR count). The van der Waals surface area contributed by atoms with E-state index in [4.69, 9.17) is 0 Å². The molecule has 1 saturated carbocycles. The average molecular weight is 298 g/mol. The summed E-state index contributed by atoms with van der Waals surface area (Å²) < 4.78 is 4.66. The van der Waals surface area contributed by atoms with Gasteiger partial charge in [0.05, 0.1) is 18.9 Å². The SMILES string of the molecule is COC(=O)N1CCN(C(=O)C2CCCCC2C(=O)O)CC1. The van der Waals surface area contributed by atoms with Gasteiger partial charge in [-0.3, -0.25) is 9.59 Å². The molecule has 0 spiro atoms. The maximum absolute atomic E-state index is 12.5. The first-order valence-corrected chi connectivity index (χ1v) is 7.39. The van der Waals surface area contributed by atoms with Crippen molar-refractivity contribution >= 4 is 18.0 Å². The third kappa shape index (κ3) is 3.46. The lowest BCUT2D eigenvalue weighted by Crippen LogP contribution is -2.53. The van der Waals surface area contributed by atoms with Gasteiger partial charge in [-0.2, -0.15) is 0 Å². The third-order valence-electron chi connectivity index (χ3n) is 4.42. The molecule has 2 amide bonds. The molecule has 2 fully saturated rings. The van der Waals surface area contributed by atoms with Gasteiger partial charge in [0, 0.05) is 26.2 Å². The minimum atomic E-state index is -0.874. The Labute approximate surface area is 123 Å². The van der Waals surface area contributed by atoms with Crippen LogP contribution in [0.3, 0.4) is 0 Å². The first-order chi connectivity index (χ1) is 10.0. The van der Waals surface area contributed by atoms with Gasteiger partial charge in [0.25, 0.3) is 0 Å². The van der Waals surface area contributed by atoms with Gasteiger partial charge in [0.15, 0.2) is 0 Å². The summed E-state index contributed by atoms with van der Waals surface area (Å²) in [4.78, 5) is 38.5. The number of amides is 2. The van der Waals surface area contributed by atoms with Crippen molar-refractivity contribution < 1.29 is 24.2 Å². The van der Waals surface area contributed by atoms with Crippen LogP contribution >= 0.6 is 0 Å². The van der Waals surface area contributed by atoms with E-state index in [2.05, 4.69) is 4.74 Å². The van der Waals surface area contributed by atoms with Crippen LogP contribution in [0, 0.1) is 11.8 Å². The second-order valence-electron chi connectivity index (χ2n) is 5.62. The number of carboxylic acid groups (broad SMARTS) is 1. The highest BCUT2D eigenvalue weighted by Crippen LogP contribution is 2.32. The lowest BCUT2D eigenvalue weighted by atomic mass is 9.78. The Balaban J connectivity index is 1.94. The fourth-order valence-electron chi connectivity index (χ4n) is 3.20. The minimum Gasteiger partial charge on any atom is -0.481 e. The molecule has 7 heteroatoms. The van der Waals surface area contributed by atoms with Crippen molar-refractivity contribution in [2.45, 2.75) is 25.7 Å². The van der Waals surface area contributed by atoms with Crippen molar-refractivity contribution in [1.82, 2.24) is 9.80 Å². The Bertz CT molecular complexity index is 418. The Morgan fingerprint density at radius 3 is 2.00 bits per heavy atom. The second kappa shape index (κ2) is 6.78. The maximum Gasteiger partial charge on any atom is 0.409 e. The van der Waals surface area contributed by atoms with E-state index in [0.717, 1.165) is 12.8 Å². The van der Waals surface area contributed by atoms with Crippen LogP contribution in [-0.2, 0) is 14.3 Å². The van der Waals surface area contributed by atoms with Crippen LogP contribution in [0.4, 0.5) is 4.79 Å². The predicted molar refractivity (Wildman–Crippen MR) is 73.6 cm³/mol. The number of methoxy groups -OCH3 is 1. The summed E-state index contributed by atoms with van der Waals surface area (Å²) in [6, 6.07) is 0. The van der Waals surface area contributed by atoms with Gasteiger partial charge in [-0.05, 0) is 12.8 Å². The average Bonchev–Trinajstić information content (AvgIpc) is 2.53. The predicted octanol–water partition coefficient (Wildman–Crippen LogP) is 0.788. The molecule has 1 aliphatic heterocycles. The van der Waals surface area contributed by atoms with Crippen molar-refractivity contribution in [1.29, 1.82) is 0 Å². The highest BCUT2D eigenvalue weighted by Gasteiger charge is 2.38. The molecule has 7 nitrogen and oxygen atoms in total. The zero-order valence-corrected chi connectivity index (χ0v) is 12.3. The molecule has 0 aromatic carbocycles. The van der Waals surface area contributed by atoms with Crippen LogP contribution in [0.1, 0.15) is 25.7 Å². The Morgan fingerprint density at radius 1 is 0.952 bits per heavy atom. The normalized spacial score (nSPS) is 26.3. The molecule has 0 bridgehead atoms. The van der Waals surface area contributed by atoms with Crippen molar-refractivity contribution in [2.24, 2.45) is 11.8 Å². The summed E-state index contributed by atoms with van der Waals surface area (Å²) in [5, 5.41) is 9.26. The highest BCUT2D eigenvalue weighted by atomic mass is 16.5. The van der Waals surface area contributed by atoms with Gasteiger partial charge in [-0.1, -0.05) is 12.8 Å². The monoisotopic (exact) mass is 298 g/mol. The number of carbonyl (C=O) groups excluding carboxylic acids is 2. The summed E-state index contributed by atoms with van der Waals surface area (Å²) in [5.41, 5.74) is 0. The van der Waals surface area contributed by atoms with Gasteiger partial charge in [0.2, 0.25) is 5.91 Å².